The maximum Gasteiger partial charge on any atom is 0.241 e. The molecule has 1 atom stereocenters. The summed E-state index contributed by atoms with van der Waals surface area (Å²) < 4.78 is 5.83. The zero-order valence-corrected chi connectivity index (χ0v) is 16.0. The average molecular weight is 372 g/mol. The van der Waals surface area contributed by atoms with E-state index >= 15 is 0 Å². The molecular weight excluding hydrogens is 348 g/mol. The van der Waals surface area contributed by atoms with Gasteiger partial charge < -0.3 is 10.1 Å². The Morgan fingerprint density at radius 2 is 1.68 bits per heavy atom. The molecule has 0 saturated carbocycles. The van der Waals surface area contributed by atoms with Crippen molar-refractivity contribution in [3.05, 3.63) is 84.4 Å². The Labute approximate surface area is 165 Å². The number of ether oxygens (including phenoxy) is 1. The zero-order chi connectivity index (χ0) is 19.3. The fourth-order valence-electron chi connectivity index (χ4n) is 3.54. The molecule has 1 aliphatic heterocycles. The summed E-state index contributed by atoms with van der Waals surface area (Å²) in [5, 5.41) is 3.13. The molecular formula is C24H24N2O2. The Morgan fingerprint density at radius 1 is 0.964 bits per heavy atom. The molecule has 4 rings (SSSR count). The van der Waals surface area contributed by atoms with Crippen LogP contribution in [0.15, 0.2) is 78.9 Å². The van der Waals surface area contributed by atoms with E-state index in [0.29, 0.717) is 19.7 Å². The van der Waals surface area contributed by atoms with Crippen molar-refractivity contribution in [1.82, 2.24) is 4.90 Å². The van der Waals surface area contributed by atoms with Crippen molar-refractivity contribution in [2.45, 2.75) is 19.5 Å². The summed E-state index contributed by atoms with van der Waals surface area (Å²) in [5.74, 6) is 0.898. The second kappa shape index (κ2) is 8.28. The van der Waals surface area contributed by atoms with Crippen LogP contribution in [0.2, 0.25) is 0 Å². The second-order valence-electron chi connectivity index (χ2n) is 7.00. The number of carbonyl (C=O) groups excluding carboxylic acids is 1. The largest absolute Gasteiger partial charge is 0.492 e. The fourth-order valence-corrected chi connectivity index (χ4v) is 3.54. The van der Waals surface area contributed by atoms with Crippen LogP contribution >= 0.6 is 0 Å². The van der Waals surface area contributed by atoms with Gasteiger partial charge in [-0.25, -0.2) is 0 Å². The molecule has 3 aromatic carbocycles. The molecule has 0 saturated heterocycles. The van der Waals surface area contributed by atoms with Gasteiger partial charge in [0.25, 0.3) is 0 Å². The van der Waals surface area contributed by atoms with Crippen LogP contribution in [0, 0.1) is 0 Å². The number of rotatable bonds is 4. The lowest BCUT2D eigenvalue weighted by Crippen LogP contribution is -2.42. The average Bonchev–Trinajstić information content (AvgIpc) is 2.96. The summed E-state index contributed by atoms with van der Waals surface area (Å²) in [7, 11) is 0. The summed E-state index contributed by atoms with van der Waals surface area (Å²) in [6.07, 6.45) is 0. The van der Waals surface area contributed by atoms with Crippen molar-refractivity contribution >= 4 is 11.6 Å². The predicted octanol–water partition coefficient (Wildman–Crippen LogP) is 4.58. The summed E-state index contributed by atoms with van der Waals surface area (Å²) in [5.41, 5.74) is 4.05. The molecule has 3 aromatic rings. The van der Waals surface area contributed by atoms with E-state index in [9.17, 15) is 4.79 Å². The smallest absolute Gasteiger partial charge is 0.241 e. The molecule has 0 fully saturated rings. The van der Waals surface area contributed by atoms with Crippen LogP contribution < -0.4 is 10.1 Å². The molecule has 4 nitrogen and oxygen atoms in total. The molecule has 0 aromatic heterocycles. The van der Waals surface area contributed by atoms with Crippen LogP contribution in [-0.2, 0) is 11.3 Å². The number of carbonyl (C=O) groups is 1. The highest BCUT2D eigenvalue weighted by molar-refractivity contribution is 5.98. The van der Waals surface area contributed by atoms with Crippen molar-refractivity contribution in [2.75, 3.05) is 18.5 Å². The molecule has 0 aliphatic carbocycles. The summed E-state index contributed by atoms with van der Waals surface area (Å²) in [6.45, 7) is 3.94. The summed E-state index contributed by atoms with van der Waals surface area (Å²) in [4.78, 5) is 15.2. The van der Waals surface area contributed by atoms with Gasteiger partial charge in [0.1, 0.15) is 12.4 Å². The third-order valence-electron chi connectivity index (χ3n) is 5.18. The normalized spacial score (nSPS) is 15.0. The highest BCUT2D eigenvalue weighted by atomic mass is 16.5. The van der Waals surface area contributed by atoms with Crippen molar-refractivity contribution in [2.24, 2.45) is 0 Å². The SMILES string of the molecule is CC(C(=O)Nc1ccccc1-c1ccccc1)N1CCOc2ccccc2C1. The van der Waals surface area contributed by atoms with E-state index in [2.05, 4.69) is 28.4 Å². The van der Waals surface area contributed by atoms with Gasteiger partial charge in [0, 0.05) is 29.9 Å². The van der Waals surface area contributed by atoms with Gasteiger partial charge in [-0.1, -0.05) is 66.7 Å². The number of fused-ring (bicyclic) bond motifs is 1. The van der Waals surface area contributed by atoms with E-state index in [-0.39, 0.29) is 11.9 Å². The first-order chi connectivity index (χ1) is 13.7. The molecule has 28 heavy (non-hydrogen) atoms. The first-order valence-electron chi connectivity index (χ1n) is 9.62. The van der Waals surface area contributed by atoms with Crippen molar-refractivity contribution < 1.29 is 9.53 Å². The molecule has 0 spiro atoms. The second-order valence-corrected chi connectivity index (χ2v) is 7.00. The van der Waals surface area contributed by atoms with E-state index < -0.39 is 0 Å². The van der Waals surface area contributed by atoms with Gasteiger partial charge in [-0.05, 0) is 24.6 Å². The van der Waals surface area contributed by atoms with Crippen LogP contribution in [0.5, 0.6) is 5.75 Å². The minimum Gasteiger partial charge on any atom is -0.492 e. The maximum absolute atomic E-state index is 13.0. The van der Waals surface area contributed by atoms with Gasteiger partial charge >= 0.3 is 0 Å². The van der Waals surface area contributed by atoms with Gasteiger partial charge in [-0.2, -0.15) is 0 Å². The van der Waals surface area contributed by atoms with Crippen molar-refractivity contribution in [3.8, 4) is 16.9 Å². The Hall–Kier alpha value is -3.11. The predicted molar refractivity (Wildman–Crippen MR) is 112 cm³/mol. The number of anilines is 1. The van der Waals surface area contributed by atoms with E-state index in [1.807, 2.05) is 67.6 Å². The standard InChI is InChI=1S/C24H24N2O2/c1-18(26-15-16-28-23-14-8-5-11-20(23)17-26)24(27)25-22-13-7-6-12-21(22)19-9-3-2-4-10-19/h2-14,18H,15-17H2,1H3,(H,25,27). The third-order valence-corrected chi connectivity index (χ3v) is 5.18. The van der Waals surface area contributed by atoms with Gasteiger partial charge in [0.2, 0.25) is 5.91 Å². The number of para-hydroxylation sites is 2. The zero-order valence-electron chi connectivity index (χ0n) is 16.0. The Balaban J connectivity index is 1.52. The van der Waals surface area contributed by atoms with Crippen LogP contribution in [0.4, 0.5) is 5.69 Å². The molecule has 1 aliphatic rings. The number of benzene rings is 3. The van der Waals surface area contributed by atoms with Gasteiger partial charge in [-0.3, -0.25) is 9.69 Å². The molecule has 1 unspecified atom stereocenters. The topological polar surface area (TPSA) is 41.6 Å². The first kappa shape index (κ1) is 18.3. The van der Waals surface area contributed by atoms with Gasteiger partial charge in [0.05, 0.1) is 6.04 Å². The Kier molecular flexibility index (Phi) is 5.40. The quantitative estimate of drug-likeness (QED) is 0.729. The Morgan fingerprint density at radius 3 is 2.54 bits per heavy atom. The molecule has 1 heterocycles. The van der Waals surface area contributed by atoms with E-state index in [1.165, 1.54) is 0 Å². The monoisotopic (exact) mass is 372 g/mol. The number of nitrogens with zero attached hydrogens (tertiary/aromatic N) is 1. The lowest BCUT2D eigenvalue weighted by molar-refractivity contribution is -0.121. The number of nitrogens with one attached hydrogen (secondary N) is 1. The van der Waals surface area contributed by atoms with Gasteiger partial charge in [-0.15, -0.1) is 0 Å². The lowest BCUT2D eigenvalue weighted by Gasteiger charge is -2.26. The molecule has 4 heteroatoms. The van der Waals surface area contributed by atoms with Crippen molar-refractivity contribution in [1.29, 1.82) is 0 Å². The molecule has 1 amide bonds. The molecule has 1 N–H and O–H groups in total. The molecule has 0 radical (unpaired) electrons. The number of hydrogen-bond donors (Lipinski definition) is 1. The van der Waals surface area contributed by atoms with E-state index in [1.54, 1.807) is 0 Å². The lowest BCUT2D eigenvalue weighted by atomic mass is 10.0. The highest BCUT2D eigenvalue weighted by Gasteiger charge is 2.25. The Bertz CT molecular complexity index is 956. The molecule has 0 bridgehead atoms. The highest BCUT2D eigenvalue weighted by Crippen LogP contribution is 2.28. The van der Waals surface area contributed by atoms with Gasteiger partial charge in [0.15, 0.2) is 0 Å². The summed E-state index contributed by atoms with van der Waals surface area (Å²) in [6, 6.07) is 25.8. The molecule has 142 valence electrons. The first-order valence-corrected chi connectivity index (χ1v) is 9.62. The van der Waals surface area contributed by atoms with E-state index in [0.717, 1.165) is 28.1 Å². The van der Waals surface area contributed by atoms with Crippen LogP contribution in [0.1, 0.15) is 12.5 Å². The third kappa shape index (κ3) is 3.92. The van der Waals surface area contributed by atoms with E-state index in [4.69, 9.17) is 4.74 Å². The minimum atomic E-state index is -0.265. The fraction of sp³-hybridized carbons (Fsp3) is 0.208. The minimum absolute atomic E-state index is 0.0113. The van der Waals surface area contributed by atoms with Crippen molar-refractivity contribution in [3.63, 3.8) is 0 Å². The van der Waals surface area contributed by atoms with Crippen LogP contribution in [-0.4, -0.2) is 30.0 Å². The number of amides is 1. The summed E-state index contributed by atoms with van der Waals surface area (Å²) >= 11 is 0. The maximum atomic E-state index is 13.0. The van der Waals surface area contributed by atoms with Crippen LogP contribution in [0.25, 0.3) is 11.1 Å². The number of hydrogen-bond acceptors (Lipinski definition) is 3. The van der Waals surface area contributed by atoms with Crippen LogP contribution in [0.3, 0.4) is 0 Å².